The zero-order valence-electron chi connectivity index (χ0n) is 15.9. The van der Waals surface area contributed by atoms with Gasteiger partial charge < -0.3 is 9.64 Å². The standard InChI is InChI=1S/C22H31NO3/c1-3-16-8-17-9-18(20(16)26-19(24)4-2)23(21(17)25)22-10-13-5-14(11-22)7-15(6-13)12-22/h4,13-18,20H,2-3,5-12H2,1H3. The maximum absolute atomic E-state index is 13.4. The Labute approximate surface area is 156 Å². The second-order valence-electron chi connectivity index (χ2n) is 9.86. The van der Waals surface area contributed by atoms with E-state index in [0.29, 0.717) is 11.8 Å². The van der Waals surface area contributed by atoms with Crippen molar-refractivity contribution in [1.82, 2.24) is 4.90 Å². The molecule has 0 spiro atoms. The molecule has 0 aromatic heterocycles. The summed E-state index contributed by atoms with van der Waals surface area (Å²) in [7, 11) is 0. The Morgan fingerprint density at radius 3 is 2.31 bits per heavy atom. The molecule has 6 bridgehead atoms. The fourth-order valence-electron chi connectivity index (χ4n) is 7.85. The number of esters is 1. The van der Waals surface area contributed by atoms with Crippen molar-refractivity contribution in [3.63, 3.8) is 0 Å². The summed E-state index contributed by atoms with van der Waals surface area (Å²) in [5, 5.41) is 0. The molecule has 1 aliphatic heterocycles. The summed E-state index contributed by atoms with van der Waals surface area (Å²) in [6, 6.07) is 0.0892. The normalized spacial score (nSPS) is 48.7. The summed E-state index contributed by atoms with van der Waals surface area (Å²) in [6.45, 7) is 5.73. The van der Waals surface area contributed by atoms with Gasteiger partial charge in [0, 0.05) is 17.5 Å². The molecule has 142 valence electrons. The average molecular weight is 357 g/mol. The fourth-order valence-corrected chi connectivity index (χ4v) is 7.85. The molecule has 4 nitrogen and oxygen atoms in total. The van der Waals surface area contributed by atoms with Gasteiger partial charge in [0.15, 0.2) is 0 Å². The van der Waals surface area contributed by atoms with E-state index in [1.807, 2.05) is 0 Å². The van der Waals surface area contributed by atoms with Gasteiger partial charge in [0.05, 0.1) is 6.04 Å². The van der Waals surface area contributed by atoms with Gasteiger partial charge >= 0.3 is 5.97 Å². The Bertz CT molecular complexity index is 606. The molecule has 0 N–H and O–H groups in total. The highest BCUT2D eigenvalue weighted by Gasteiger charge is 2.62. The number of nitrogens with zero attached hydrogens (tertiary/aromatic N) is 1. The Morgan fingerprint density at radius 2 is 1.77 bits per heavy atom. The minimum Gasteiger partial charge on any atom is -0.457 e. The highest BCUT2D eigenvalue weighted by atomic mass is 16.5. The lowest BCUT2D eigenvalue weighted by Crippen LogP contribution is -2.64. The molecule has 1 heterocycles. The zero-order chi connectivity index (χ0) is 18.1. The number of likely N-dealkylation sites (tertiary alicyclic amines) is 1. The first-order valence-corrected chi connectivity index (χ1v) is 10.7. The predicted molar refractivity (Wildman–Crippen MR) is 98.1 cm³/mol. The van der Waals surface area contributed by atoms with E-state index >= 15 is 0 Å². The number of ether oxygens (including phenoxy) is 1. The topological polar surface area (TPSA) is 46.6 Å². The minimum absolute atomic E-state index is 0.0622. The van der Waals surface area contributed by atoms with Crippen molar-refractivity contribution in [3.05, 3.63) is 12.7 Å². The lowest BCUT2D eigenvalue weighted by atomic mass is 9.52. The first kappa shape index (κ1) is 16.8. The van der Waals surface area contributed by atoms with Crippen molar-refractivity contribution >= 4 is 11.9 Å². The molecule has 0 aromatic carbocycles. The van der Waals surface area contributed by atoms with Crippen LogP contribution in [-0.2, 0) is 14.3 Å². The third-order valence-corrected chi connectivity index (χ3v) is 8.34. The van der Waals surface area contributed by atoms with E-state index in [4.69, 9.17) is 4.74 Å². The average Bonchev–Trinajstić information content (AvgIpc) is 2.88. The predicted octanol–water partition coefficient (Wildman–Crippen LogP) is 3.70. The van der Waals surface area contributed by atoms with E-state index in [9.17, 15) is 9.59 Å². The molecule has 1 saturated heterocycles. The molecule has 4 heteroatoms. The molecule has 4 unspecified atom stereocenters. The highest BCUT2D eigenvalue weighted by Crippen LogP contribution is 2.60. The smallest absolute Gasteiger partial charge is 0.330 e. The molecule has 26 heavy (non-hydrogen) atoms. The maximum atomic E-state index is 13.4. The monoisotopic (exact) mass is 357 g/mol. The van der Waals surface area contributed by atoms with Crippen molar-refractivity contribution in [2.24, 2.45) is 29.6 Å². The molecule has 0 radical (unpaired) electrons. The van der Waals surface area contributed by atoms with Crippen molar-refractivity contribution in [2.75, 3.05) is 0 Å². The van der Waals surface area contributed by atoms with Crippen molar-refractivity contribution in [3.8, 4) is 0 Å². The first-order valence-electron chi connectivity index (χ1n) is 10.7. The third-order valence-electron chi connectivity index (χ3n) is 8.34. The van der Waals surface area contributed by atoms with Crippen LogP contribution in [0.1, 0.15) is 64.7 Å². The van der Waals surface area contributed by atoms with Gasteiger partial charge in [0.2, 0.25) is 5.91 Å². The molecule has 6 fully saturated rings. The first-order chi connectivity index (χ1) is 12.5. The van der Waals surface area contributed by atoms with Gasteiger partial charge in [-0.3, -0.25) is 4.79 Å². The van der Waals surface area contributed by atoms with Gasteiger partial charge in [-0.1, -0.05) is 13.5 Å². The fraction of sp³-hybridized carbons (Fsp3) is 0.818. The summed E-state index contributed by atoms with van der Waals surface area (Å²) in [5.74, 6) is 2.91. The summed E-state index contributed by atoms with van der Waals surface area (Å²) >= 11 is 0. The van der Waals surface area contributed by atoms with Gasteiger partial charge in [0.25, 0.3) is 0 Å². The molecule has 4 atom stereocenters. The Hall–Kier alpha value is -1.32. The van der Waals surface area contributed by atoms with Gasteiger partial charge in [-0.15, -0.1) is 0 Å². The van der Waals surface area contributed by atoms with Crippen LogP contribution in [0.4, 0.5) is 0 Å². The SMILES string of the molecule is C=CC(=O)OC1C(CC)CC2CC1N(C13CC4CC(CC(C4)C1)C3)C2=O. The molecule has 0 aromatic rings. The third kappa shape index (κ3) is 2.33. The zero-order valence-corrected chi connectivity index (χ0v) is 15.9. The molecule has 6 aliphatic rings. The number of rotatable bonds is 4. The molecule has 6 rings (SSSR count). The largest absolute Gasteiger partial charge is 0.457 e. The second kappa shape index (κ2) is 5.84. The van der Waals surface area contributed by atoms with Crippen LogP contribution in [0, 0.1) is 29.6 Å². The molecular formula is C22H31NO3. The van der Waals surface area contributed by atoms with E-state index in [0.717, 1.165) is 37.0 Å². The minimum atomic E-state index is -0.336. The highest BCUT2D eigenvalue weighted by molar-refractivity contribution is 5.84. The van der Waals surface area contributed by atoms with Crippen LogP contribution in [0.2, 0.25) is 0 Å². The second-order valence-corrected chi connectivity index (χ2v) is 9.86. The van der Waals surface area contributed by atoms with Crippen LogP contribution >= 0.6 is 0 Å². The van der Waals surface area contributed by atoms with Gasteiger partial charge in [0.1, 0.15) is 6.10 Å². The van der Waals surface area contributed by atoms with Crippen LogP contribution < -0.4 is 0 Å². The van der Waals surface area contributed by atoms with Crippen LogP contribution in [0.5, 0.6) is 0 Å². The van der Waals surface area contributed by atoms with E-state index in [2.05, 4.69) is 18.4 Å². The summed E-state index contributed by atoms with van der Waals surface area (Å²) in [4.78, 5) is 27.7. The maximum Gasteiger partial charge on any atom is 0.330 e. The Balaban J connectivity index is 1.49. The summed E-state index contributed by atoms with van der Waals surface area (Å²) in [6.07, 6.45) is 11.5. The van der Waals surface area contributed by atoms with Gasteiger partial charge in [-0.25, -0.2) is 4.79 Å². The van der Waals surface area contributed by atoms with E-state index < -0.39 is 0 Å². The van der Waals surface area contributed by atoms with Crippen LogP contribution in [0.15, 0.2) is 12.7 Å². The number of carbonyl (C=O) groups is 2. The number of fused-ring (bicyclic) bond motifs is 2. The van der Waals surface area contributed by atoms with Gasteiger partial charge in [-0.2, -0.15) is 0 Å². The number of hydrogen-bond acceptors (Lipinski definition) is 3. The van der Waals surface area contributed by atoms with Gasteiger partial charge in [-0.05, 0) is 81.5 Å². The number of hydrogen-bond donors (Lipinski definition) is 0. The van der Waals surface area contributed by atoms with Crippen LogP contribution in [-0.4, -0.2) is 34.5 Å². The number of carbonyl (C=O) groups excluding carboxylic acids is 2. The van der Waals surface area contributed by atoms with Crippen LogP contribution in [0.3, 0.4) is 0 Å². The van der Waals surface area contributed by atoms with Crippen molar-refractivity contribution in [2.45, 2.75) is 82.4 Å². The summed E-state index contributed by atoms with van der Waals surface area (Å²) in [5.41, 5.74) is 0.0622. The lowest BCUT2D eigenvalue weighted by Gasteiger charge is -2.61. The lowest BCUT2D eigenvalue weighted by molar-refractivity contribution is -0.165. The quantitative estimate of drug-likeness (QED) is 0.569. The molecule has 1 amide bonds. The van der Waals surface area contributed by atoms with E-state index in [-0.39, 0.29) is 29.6 Å². The van der Waals surface area contributed by atoms with Crippen molar-refractivity contribution in [1.29, 1.82) is 0 Å². The molecular weight excluding hydrogens is 326 g/mol. The Morgan fingerprint density at radius 1 is 1.15 bits per heavy atom. The van der Waals surface area contributed by atoms with E-state index in [1.165, 1.54) is 44.6 Å². The number of amides is 1. The molecule has 5 aliphatic carbocycles. The van der Waals surface area contributed by atoms with Crippen LogP contribution in [0.25, 0.3) is 0 Å². The molecule has 5 saturated carbocycles. The van der Waals surface area contributed by atoms with Crippen molar-refractivity contribution < 1.29 is 14.3 Å². The Kier molecular flexibility index (Phi) is 3.78. The summed E-state index contributed by atoms with van der Waals surface area (Å²) < 4.78 is 5.87. The van der Waals surface area contributed by atoms with E-state index in [1.54, 1.807) is 0 Å².